The molecule has 0 spiro atoms. The fourth-order valence-corrected chi connectivity index (χ4v) is 4.63. The fourth-order valence-electron chi connectivity index (χ4n) is 2.96. The Hall–Kier alpha value is -1.86. The van der Waals surface area contributed by atoms with Crippen molar-refractivity contribution in [3.63, 3.8) is 0 Å². The van der Waals surface area contributed by atoms with E-state index in [-0.39, 0.29) is 17.4 Å². The molecule has 0 unspecified atom stereocenters. The van der Waals surface area contributed by atoms with Crippen LogP contribution in [0.3, 0.4) is 0 Å². The third kappa shape index (κ3) is 2.43. The maximum Gasteiger partial charge on any atom is 0.268 e. The molecule has 1 aromatic rings. The standard InChI is InChI=1S/C17H19N3O2S2/c1-4-18-11-9-7-8-10-12(11)24-16(18)13-14(21)19(5-2)17(23)20(6-3)15(13)22/h7-10H,4-6H2,1-3H3. The summed E-state index contributed by atoms with van der Waals surface area (Å²) in [5.41, 5.74) is 1.25. The number of hydrogen-bond acceptors (Lipinski definition) is 5. The SMILES string of the molecule is CCN1C(=O)C(=C2Sc3ccccc3N2CC)C(=O)N(CC)C1=S. The van der Waals surface area contributed by atoms with E-state index in [1.807, 2.05) is 49.9 Å². The lowest BCUT2D eigenvalue weighted by atomic mass is 10.1. The van der Waals surface area contributed by atoms with Gasteiger partial charge in [-0.05, 0) is 45.1 Å². The van der Waals surface area contributed by atoms with E-state index in [4.69, 9.17) is 12.2 Å². The van der Waals surface area contributed by atoms with Gasteiger partial charge in [-0.25, -0.2) is 0 Å². The van der Waals surface area contributed by atoms with Gasteiger partial charge in [0.15, 0.2) is 5.11 Å². The number of nitrogens with zero attached hydrogens (tertiary/aromatic N) is 3. The van der Waals surface area contributed by atoms with Crippen LogP contribution in [0.4, 0.5) is 5.69 Å². The summed E-state index contributed by atoms with van der Waals surface area (Å²) in [7, 11) is 0. The number of fused-ring (bicyclic) bond motifs is 1. The van der Waals surface area contributed by atoms with Gasteiger partial charge < -0.3 is 4.90 Å². The highest BCUT2D eigenvalue weighted by atomic mass is 32.2. The van der Waals surface area contributed by atoms with E-state index in [0.29, 0.717) is 29.8 Å². The van der Waals surface area contributed by atoms with Crippen molar-refractivity contribution in [1.29, 1.82) is 0 Å². The molecule has 0 aliphatic carbocycles. The Balaban J connectivity index is 2.15. The molecular formula is C17H19N3O2S2. The summed E-state index contributed by atoms with van der Waals surface area (Å²) in [4.78, 5) is 31.9. The first-order valence-corrected chi connectivity index (χ1v) is 9.23. The Bertz CT molecular complexity index is 732. The van der Waals surface area contributed by atoms with E-state index in [1.165, 1.54) is 21.6 Å². The van der Waals surface area contributed by atoms with Crippen LogP contribution >= 0.6 is 24.0 Å². The summed E-state index contributed by atoms with van der Waals surface area (Å²) in [6, 6.07) is 7.94. The minimum atomic E-state index is -0.300. The summed E-state index contributed by atoms with van der Waals surface area (Å²) in [5.74, 6) is -0.600. The van der Waals surface area contributed by atoms with Gasteiger partial charge in [-0.1, -0.05) is 23.9 Å². The second-order valence-electron chi connectivity index (χ2n) is 5.38. The van der Waals surface area contributed by atoms with Gasteiger partial charge in [0.05, 0.1) is 10.7 Å². The maximum atomic E-state index is 12.9. The minimum Gasteiger partial charge on any atom is -0.334 e. The Labute approximate surface area is 151 Å². The van der Waals surface area contributed by atoms with Gasteiger partial charge in [0.2, 0.25) is 0 Å². The third-order valence-corrected chi connectivity index (χ3v) is 5.77. The highest BCUT2D eigenvalue weighted by Gasteiger charge is 2.42. The second-order valence-corrected chi connectivity index (χ2v) is 6.77. The van der Waals surface area contributed by atoms with Gasteiger partial charge in [-0.15, -0.1) is 0 Å². The zero-order valence-corrected chi connectivity index (χ0v) is 15.5. The smallest absolute Gasteiger partial charge is 0.268 e. The van der Waals surface area contributed by atoms with Crippen LogP contribution in [0.15, 0.2) is 39.8 Å². The van der Waals surface area contributed by atoms with Gasteiger partial charge in [0, 0.05) is 24.5 Å². The summed E-state index contributed by atoms with van der Waals surface area (Å²) in [5, 5.41) is 0.996. The number of likely N-dealkylation sites (N-methyl/N-ethyl adjacent to an activating group) is 2. The Morgan fingerprint density at radius 1 is 0.917 bits per heavy atom. The van der Waals surface area contributed by atoms with Gasteiger partial charge >= 0.3 is 0 Å². The number of carbonyl (C=O) groups is 2. The molecular weight excluding hydrogens is 342 g/mol. The summed E-state index contributed by atoms with van der Waals surface area (Å²) < 4.78 is 0. The van der Waals surface area contributed by atoms with Crippen molar-refractivity contribution in [3.05, 3.63) is 34.9 Å². The molecule has 2 aliphatic heterocycles. The predicted octanol–water partition coefficient (Wildman–Crippen LogP) is 2.83. The minimum absolute atomic E-state index is 0.218. The van der Waals surface area contributed by atoms with Crippen molar-refractivity contribution in [2.24, 2.45) is 0 Å². The summed E-state index contributed by atoms with van der Waals surface area (Å²) >= 11 is 6.80. The van der Waals surface area contributed by atoms with E-state index in [2.05, 4.69) is 0 Å². The van der Waals surface area contributed by atoms with Crippen LogP contribution in [-0.4, -0.2) is 46.4 Å². The number of amides is 2. The lowest BCUT2D eigenvalue weighted by Crippen LogP contribution is -2.56. The first kappa shape index (κ1) is 17.0. The van der Waals surface area contributed by atoms with Gasteiger partial charge in [0.25, 0.3) is 11.8 Å². The van der Waals surface area contributed by atoms with E-state index < -0.39 is 0 Å². The Kier molecular flexibility index (Phi) is 4.64. The fraction of sp³-hybridized carbons (Fsp3) is 0.353. The van der Waals surface area contributed by atoms with Crippen molar-refractivity contribution in [2.45, 2.75) is 25.7 Å². The van der Waals surface area contributed by atoms with Gasteiger partial charge in [-0.2, -0.15) is 0 Å². The predicted molar refractivity (Wildman–Crippen MR) is 99.7 cm³/mol. The molecule has 0 aromatic heterocycles. The average molecular weight is 361 g/mol. The Morgan fingerprint density at radius 2 is 1.46 bits per heavy atom. The molecule has 2 amide bonds. The first-order valence-electron chi connectivity index (χ1n) is 8.01. The normalized spacial score (nSPS) is 18.0. The van der Waals surface area contributed by atoms with Crippen LogP contribution in [-0.2, 0) is 9.59 Å². The number of anilines is 1. The van der Waals surface area contributed by atoms with Crippen LogP contribution in [0.2, 0.25) is 0 Å². The molecule has 126 valence electrons. The molecule has 24 heavy (non-hydrogen) atoms. The number of thioether (sulfide) groups is 1. The molecule has 1 fully saturated rings. The van der Waals surface area contributed by atoms with Crippen LogP contribution < -0.4 is 4.90 Å². The largest absolute Gasteiger partial charge is 0.334 e. The zero-order valence-electron chi connectivity index (χ0n) is 13.9. The first-order chi connectivity index (χ1) is 11.5. The monoisotopic (exact) mass is 361 g/mol. The zero-order chi connectivity index (χ0) is 17.4. The molecule has 2 aliphatic rings. The number of para-hydroxylation sites is 1. The molecule has 1 aromatic carbocycles. The second kappa shape index (κ2) is 6.57. The van der Waals surface area contributed by atoms with Crippen molar-refractivity contribution >= 4 is 46.6 Å². The Morgan fingerprint density at radius 3 is 2.00 bits per heavy atom. The molecule has 0 N–H and O–H groups in total. The molecule has 0 saturated carbocycles. The maximum absolute atomic E-state index is 12.9. The lowest BCUT2D eigenvalue weighted by Gasteiger charge is -2.36. The van der Waals surface area contributed by atoms with Crippen molar-refractivity contribution in [2.75, 3.05) is 24.5 Å². The molecule has 0 radical (unpaired) electrons. The van der Waals surface area contributed by atoms with Crippen LogP contribution in [0.1, 0.15) is 20.8 Å². The number of hydrogen-bond donors (Lipinski definition) is 0. The summed E-state index contributed by atoms with van der Waals surface area (Å²) in [6.45, 7) is 7.32. The van der Waals surface area contributed by atoms with Crippen LogP contribution in [0, 0.1) is 0 Å². The number of benzene rings is 1. The quantitative estimate of drug-likeness (QED) is 0.471. The topological polar surface area (TPSA) is 43.9 Å². The molecule has 5 nitrogen and oxygen atoms in total. The third-order valence-electron chi connectivity index (χ3n) is 4.15. The highest BCUT2D eigenvalue weighted by Crippen LogP contribution is 2.47. The van der Waals surface area contributed by atoms with Gasteiger partial charge in [0.1, 0.15) is 5.57 Å². The van der Waals surface area contributed by atoms with Crippen molar-refractivity contribution < 1.29 is 9.59 Å². The van der Waals surface area contributed by atoms with E-state index in [9.17, 15) is 9.59 Å². The number of thiocarbonyl (C=S) groups is 1. The average Bonchev–Trinajstić information content (AvgIpc) is 2.93. The molecule has 1 saturated heterocycles. The number of rotatable bonds is 3. The van der Waals surface area contributed by atoms with E-state index >= 15 is 0 Å². The summed E-state index contributed by atoms with van der Waals surface area (Å²) in [6.07, 6.45) is 0. The van der Waals surface area contributed by atoms with Gasteiger partial charge in [-0.3, -0.25) is 19.4 Å². The lowest BCUT2D eigenvalue weighted by molar-refractivity contribution is -0.133. The van der Waals surface area contributed by atoms with E-state index in [0.717, 1.165) is 10.6 Å². The van der Waals surface area contributed by atoms with E-state index in [1.54, 1.807) is 0 Å². The highest BCUT2D eigenvalue weighted by molar-refractivity contribution is 8.03. The number of carbonyl (C=O) groups excluding carboxylic acids is 2. The molecule has 0 bridgehead atoms. The molecule has 2 heterocycles. The van der Waals surface area contributed by atoms with Crippen molar-refractivity contribution in [1.82, 2.24) is 9.80 Å². The van der Waals surface area contributed by atoms with Crippen LogP contribution in [0.25, 0.3) is 0 Å². The van der Waals surface area contributed by atoms with Crippen molar-refractivity contribution in [3.8, 4) is 0 Å². The van der Waals surface area contributed by atoms with Crippen LogP contribution in [0.5, 0.6) is 0 Å². The molecule has 3 rings (SSSR count). The molecule has 7 heteroatoms. The molecule has 0 atom stereocenters.